The topological polar surface area (TPSA) is 99.0 Å². The van der Waals surface area contributed by atoms with E-state index in [1.807, 2.05) is 48.5 Å². The molecule has 1 aliphatic rings. The SMILES string of the molecule is COc1cccc([C@@H]2C[C@H](c3ccccc3)N(S(=O)(=O)c3ccc([N+](=O)[O-])cc3)O2)c1. The monoisotopic (exact) mass is 440 g/mol. The van der Waals surface area contributed by atoms with E-state index in [0.717, 1.165) is 15.6 Å². The number of ether oxygens (including phenoxy) is 1. The van der Waals surface area contributed by atoms with Crippen LogP contribution in [0.1, 0.15) is 29.7 Å². The van der Waals surface area contributed by atoms with Gasteiger partial charge in [0.15, 0.2) is 0 Å². The minimum Gasteiger partial charge on any atom is -0.497 e. The van der Waals surface area contributed by atoms with E-state index in [1.54, 1.807) is 13.2 Å². The van der Waals surface area contributed by atoms with E-state index in [4.69, 9.17) is 9.57 Å². The number of sulfonamides is 1. The third-order valence-electron chi connectivity index (χ3n) is 5.16. The number of hydroxylamine groups is 1. The van der Waals surface area contributed by atoms with Gasteiger partial charge in [0.25, 0.3) is 15.7 Å². The van der Waals surface area contributed by atoms with Crippen molar-refractivity contribution in [3.63, 3.8) is 0 Å². The zero-order chi connectivity index (χ0) is 22.0. The Morgan fingerprint density at radius 2 is 1.68 bits per heavy atom. The van der Waals surface area contributed by atoms with Crippen LogP contribution in [0.25, 0.3) is 0 Å². The first-order valence-corrected chi connectivity index (χ1v) is 11.0. The second-order valence-electron chi connectivity index (χ2n) is 7.04. The summed E-state index contributed by atoms with van der Waals surface area (Å²) in [6.07, 6.45) is -0.100. The fourth-order valence-electron chi connectivity index (χ4n) is 3.57. The third kappa shape index (κ3) is 4.15. The van der Waals surface area contributed by atoms with Gasteiger partial charge in [-0.05, 0) is 35.4 Å². The van der Waals surface area contributed by atoms with Crippen LogP contribution < -0.4 is 4.74 Å². The molecule has 0 aromatic heterocycles. The summed E-state index contributed by atoms with van der Waals surface area (Å²) in [4.78, 5) is 16.2. The van der Waals surface area contributed by atoms with Gasteiger partial charge in [-0.3, -0.25) is 15.0 Å². The minimum atomic E-state index is -4.08. The molecular weight excluding hydrogens is 420 g/mol. The van der Waals surface area contributed by atoms with Crippen molar-refractivity contribution in [2.24, 2.45) is 0 Å². The van der Waals surface area contributed by atoms with Crippen LogP contribution in [-0.4, -0.2) is 24.9 Å². The highest BCUT2D eigenvalue weighted by Gasteiger charge is 2.43. The Hall–Kier alpha value is -3.27. The molecule has 8 nitrogen and oxygen atoms in total. The van der Waals surface area contributed by atoms with Crippen molar-refractivity contribution >= 4 is 15.7 Å². The third-order valence-corrected chi connectivity index (χ3v) is 6.84. The molecule has 3 aromatic carbocycles. The molecule has 0 bridgehead atoms. The fourth-order valence-corrected chi connectivity index (χ4v) is 5.02. The molecule has 4 rings (SSSR count). The van der Waals surface area contributed by atoms with E-state index < -0.39 is 27.1 Å². The number of nitro benzene ring substituents is 1. The molecule has 0 N–H and O–H groups in total. The first-order valence-electron chi connectivity index (χ1n) is 9.54. The zero-order valence-electron chi connectivity index (χ0n) is 16.6. The van der Waals surface area contributed by atoms with Crippen molar-refractivity contribution in [1.29, 1.82) is 0 Å². The number of non-ortho nitro benzene ring substituents is 1. The molecule has 0 amide bonds. The summed E-state index contributed by atoms with van der Waals surface area (Å²) >= 11 is 0. The molecule has 1 fully saturated rings. The lowest BCUT2D eigenvalue weighted by Gasteiger charge is -2.22. The van der Waals surface area contributed by atoms with Crippen molar-refractivity contribution in [2.75, 3.05) is 7.11 Å². The molecule has 0 spiro atoms. The van der Waals surface area contributed by atoms with E-state index in [2.05, 4.69) is 0 Å². The number of benzene rings is 3. The summed E-state index contributed by atoms with van der Waals surface area (Å²) < 4.78 is 33.1. The molecule has 0 unspecified atom stereocenters. The predicted molar refractivity (Wildman–Crippen MR) is 113 cm³/mol. The van der Waals surface area contributed by atoms with Crippen LogP contribution >= 0.6 is 0 Å². The molecule has 0 saturated carbocycles. The Labute approximate surface area is 179 Å². The average molecular weight is 440 g/mol. The van der Waals surface area contributed by atoms with Crippen LogP contribution in [0.5, 0.6) is 5.75 Å². The van der Waals surface area contributed by atoms with Crippen LogP contribution in [0.2, 0.25) is 0 Å². The highest BCUT2D eigenvalue weighted by atomic mass is 32.2. The summed E-state index contributed by atoms with van der Waals surface area (Å²) in [5.74, 6) is 0.647. The van der Waals surface area contributed by atoms with E-state index >= 15 is 0 Å². The normalized spacial score (nSPS) is 19.3. The molecule has 0 aliphatic carbocycles. The van der Waals surface area contributed by atoms with Crippen molar-refractivity contribution in [3.8, 4) is 5.75 Å². The maximum absolute atomic E-state index is 13.4. The molecule has 1 saturated heterocycles. The van der Waals surface area contributed by atoms with Crippen molar-refractivity contribution in [3.05, 3.63) is 100 Å². The lowest BCUT2D eigenvalue weighted by Crippen LogP contribution is -2.29. The summed E-state index contributed by atoms with van der Waals surface area (Å²) in [6.45, 7) is 0. The zero-order valence-corrected chi connectivity index (χ0v) is 17.4. The molecule has 1 aliphatic heterocycles. The van der Waals surface area contributed by atoms with Crippen molar-refractivity contribution < 1.29 is 22.9 Å². The number of nitrogens with zero attached hydrogens (tertiary/aromatic N) is 2. The van der Waals surface area contributed by atoms with Gasteiger partial charge in [-0.25, -0.2) is 8.42 Å². The second kappa shape index (κ2) is 8.46. The number of hydrogen-bond donors (Lipinski definition) is 0. The smallest absolute Gasteiger partial charge is 0.269 e. The van der Waals surface area contributed by atoms with Gasteiger partial charge in [-0.2, -0.15) is 0 Å². The van der Waals surface area contributed by atoms with Gasteiger partial charge in [-0.1, -0.05) is 46.9 Å². The molecule has 1 heterocycles. The Balaban J connectivity index is 1.72. The number of hydrogen-bond acceptors (Lipinski definition) is 6. The van der Waals surface area contributed by atoms with E-state index in [-0.39, 0.29) is 10.6 Å². The van der Waals surface area contributed by atoms with E-state index in [0.29, 0.717) is 12.2 Å². The van der Waals surface area contributed by atoms with Gasteiger partial charge in [0, 0.05) is 18.6 Å². The predicted octanol–water partition coefficient (Wildman–Crippen LogP) is 4.41. The molecule has 0 radical (unpaired) electrons. The van der Waals surface area contributed by atoms with Gasteiger partial charge in [0.2, 0.25) is 0 Å². The van der Waals surface area contributed by atoms with Crippen LogP contribution in [0.15, 0.2) is 83.8 Å². The van der Waals surface area contributed by atoms with Crippen LogP contribution in [0.4, 0.5) is 5.69 Å². The Kier molecular flexibility index (Phi) is 5.73. The van der Waals surface area contributed by atoms with Gasteiger partial charge in [-0.15, -0.1) is 0 Å². The maximum Gasteiger partial charge on any atom is 0.269 e. The summed E-state index contributed by atoms with van der Waals surface area (Å²) in [7, 11) is -2.52. The number of rotatable bonds is 6. The summed E-state index contributed by atoms with van der Waals surface area (Å²) in [5, 5.41) is 10.9. The Morgan fingerprint density at radius 3 is 2.32 bits per heavy atom. The van der Waals surface area contributed by atoms with Crippen LogP contribution in [0.3, 0.4) is 0 Å². The van der Waals surface area contributed by atoms with Gasteiger partial charge in [0.1, 0.15) is 11.9 Å². The van der Waals surface area contributed by atoms with Crippen LogP contribution in [0, 0.1) is 10.1 Å². The molecule has 31 heavy (non-hydrogen) atoms. The van der Waals surface area contributed by atoms with Gasteiger partial charge in [0.05, 0.1) is 23.0 Å². The second-order valence-corrected chi connectivity index (χ2v) is 8.83. The molecule has 2 atom stereocenters. The highest BCUT2D eigenvalue weighted by Crippen LogP contribution is 2.45. The summed E-state index contributed by atoms with van der Waals surface area (Å²) in [5.41, 5.74) is 1.40. The molecular formula is C22H20N2O6S. The lowest BCUT2D eigenvalue weighted by molar-refractivity contribution is -0.384. The quantitative estimate of drug-likeness (QED) is 0.416. The summed E-state index contributed by atoms with van der Waals surface area (Å²) in [6, 6.07) is 20.7. The number of methoxy groups -OCH3 is 1. The van der Waals surface area contributed by atoms with Crippen LogP contribution in [-0.2, 0) is 14.9 Å². The highest BCUT2D eigenvalue weighted by molar-refractivity contribution is 7.89. The first kappa shape index (κ1) is 21.0. The Bertz CT molecular complexity index is 1180. The standard InChI is InChI=1S/C22H20N2O6S/c1-29-19-9-5-8-17(14-19)22-15-21(16-6-3-2-4-7-16)24(30-22)31(27,28)20-12-10-18(11-13-20)23(25)26/h2-14,21-22H,15H2,1H3/t21-,22+/m1/s1. The van der Waals surface area contributed by atoms with Crippen molar-refractivity contribution in [2.45, 2.75) is 23.5 Å². The first-order chi connectivity index (χ1) is 14.9. The largest absolute Gasteiger partial charge is 0.497 e. The molecule has 9 heteroatoms. The molecule has 3 aromatic rings. The van der Waals surface area contributed by atoms with Gasteiger partial charge < -0.3 is 4.74 Å². The van der Waals surface area contributed by atoms with Gasteiger partial charge >= 0.3 is 0 Å². The molecule has 160 valence electrons. The van der Waals surface area contributed by atoms with E-state index in [1.165, 1.54) is 24.3 Å². The maximum atomic E-state index is 13.4. The average Bonchev–Trinajstić information content (AvgIpc) is 3.26. The van der Waals surface area contributed by atoms with Crippen molar-refractivity contribution in [1.82, 2.24) is 4.47 Å². The Morgan fingerprint density at radius 1 is 1.00 bits per heavy atom. The number of nitro groups is 1. The van der Waals surface area contributed by atoms with E-state index in [9.17, 15) is 18.5 Å². The lowest BCUT2D eigenvalue weighted by atomic mass is 9.98. The minimum absolute atomic E-state index is 0.0784. The fraction of sp³-hybridized carbons (Fsp3) is 0.182.